The molecule has 1 aliphatic rings. The Bertz CT molecular complexity index is 1480. The summed E-state index contributed by atoms with van der Waals surface area (Å²) >= 11 is 0. The van der Waals surface area contributed by atoms with E-state index in [1.807, 2.05) is 0 Å². The van der Waals surface area contributed by atoms with Gasteiger partial charge in [-0.25, -0.2) is 0 Å². The van der Waals surface area contributed by atoms with E-state index in [9.17, 15) is 0 Å². The molecule has 1 atom stereocenters. The van der Waals surface area contributed by atoms with Gasteiger partial charge in [0.25, 0.3) is 0 Å². The molecule has 1 heterocycles. The van der Waals surface area contributed by atoms with Gasteiger partial charge in [0.05, 0.1) is 11.0 Å². The van der Waals surface area contributed by atoms with E-state index < -0.39 is 0 Å². The Morgan fingerprint density at radius 1 is 0.656 bits per heavy atom. The molecule has 32 heavy (non-hydrogen) atoms. The van der Waals surface area contributed by atoms with E-state index in [0.29, 0.717) is 5.92 Å². The maximum absolute atomic E-state index is 2.36. The van der Waals surface area contributed by atoms with Crippen LogP contribution >= 0.6 is 0 Å². The van der Waals surface area contributed by atoms with Gasteiger partial charge in [-0.05, 0) is 64.9 Å². The lowest BCUT2D eigenvalue weighted by Crippen LogP contribution is -1.94. The van der Waals surface area contributed by atoms with Gasteiger partial charge >= 0.3 is 0 Å². The lowest BCUT2D eigenvalue weighted by molar-refractivity contribution is 0.739. The Morgan fingerprint density at radius 3 is 2.12 bits per heavy atom. The van der Waals surface area contributed by atoms with Gasteiger partial charge in [0.2, 0.25) is 0 Å². The topological polar surface area (TPSA) is 4.93 Å². The fourth-order valence-electron chi connectivity index (χ4n) is 4.80. The molecule has 4 aromatic carbocycles. The fraction of sp³-hybridized carbons (Fsp3) is 0.0968. The maximum atomic E-state index is 2.36. The molecule has 0 saturated heterocycles. The van der Waals surface area contributed by atoms with Gasteiger partial charge < -0.3 is 4.57 Å². The molecule has 1 unspecified atom stereocenters. The molecule has 5 aromatic rings. The summed E-state index contributed by atoms with van der Waals surface area (Å²) in [5.41, 5.74) is 8.80. The highest BCUT2D eigenvalue weighted by molar-refractivity contribution is 6.10. The van der Waals surface area contributed by atoms with Gasteiger partial charge in [0.1, 0.15) is 0 Å². The molecule has 1 aromatic heterocycles. The third-order valence-electron chi connectivity index (χ3n) is 6.55. The summed E-state index contributed by atoms with van der Waals surface area (Å²) in [5, 5.41) is 2.58. The lowest BCUT2D eigenvalue weighted by Gasteiger charge is -2.12. The first-order chi connectivity index (χ1) is 15.8. The number of aromatic nitrogens is 1. The highest BCUT2D eigenvalue weighted by Gasteiger charge is 2.13. The van der Waals surface area contributed by atoms with Crippen molar-refractivity contribution >= 4 is 27.4 Å². The van der Waals surface area contributed by atoms with Crippen LogP contribution < -0.4 is 0 Å². The lowest BCUT2D eigenvalue weighted by atomic mass is 9.93. The molecule has 0 fully saturated rings. The molecule has 1 aliphatic carbocycles. The Labute approximate surface area is 188 Å². The number of hydrogen-bond acceptors (Lipinski definition) is 0. The van der Waals surface area contributed by atoms with Crippen LogP contribution in [-0.2, 0) is 0 Å². The highest BCUT2D eigenvalue weighted by atomic mass is 15.0. The summed E-state index contributed by atoms with van der Waals surface area (Å²) in [5.74, 6) is 0.641. The Hall–Kier alpha value is -3.84. The smallest absolute Gasteiger partial charge is 0.0541 e. The van der Waals surface area contributed by atoms with Crippen molar-refractivity contribution in [2.75, 3.05) is 0 Å². The average molecular weight is 412 g/mol. The normalized spacial score (nSPS) is 15.9. The van der Waals surface area contributed by atoms with Crippen LogP contribution in [-0.4, -0.2) is 4.57 Å². The average Bonchev–Trinajstić information content (AvgIpc) is 3.19. The Balaban J connectivity index is 1.45. The van der Waals surface area contributed by atoms with Crippen LogP contribution in [0.25, 0.3) is 44.2 Å². The molecule has 0 amide bonds. The standard InChI is InChI=1S/C31H25N/c1-22-11-13-23(14-12-22)24-15-17-25(18-16-24)26-19-20-31-29(21-26)28-9-5-6-10-30(28)32(31)27-7-3-2-4-8-27/h2-11,13-22H,12H2,1H3. The van der Waals surface area contributed by atoms with Gasteiger partial charge in [-0.1, -0.05) is 91.9 Å². The van der Waals surface area contributed by atoms with Crippen LogP contribution in [0.15, 0.2) is 115 Å². The zero-order valence-electron chi connectivity index (χ0n) is 18.2. The van der Waals surface area contributed by atoms with E-state index >= 15 is 0 Å². The van der Waals surface area contributed by atoms with Crippen molar-refractivity contribution in [3.05, 3.63) is 121 Å². The number of nitrogens with zero attached hydrogens (tertiary/aromatic N) is 1. The van der Waals surface area contributed by atoms with Crippen molar-refractivity contribution < 1.29 is 0 Å². The monoisotopic (exact) mass is 411 g/mol. The molecule has 1 nitrogen and oxygen atoms in total. The molecule has 0 radical (unpaired) electrons. The molecule has 0 saturated carbocycles. The number of para-hydroxylation sites is 2. The summed E-state index contributed by atoms with van der Waals surface area (Å²) in [6.45, 7) is 2.26. The Morgan fingerprint density at radius 2 is 1.34 bits per heavy atom. The van der Waals surface area contributed by atoms with Crippen LogP contribution in [0.1, 0.15) is 18.9 Å². The van der Waals surface area contributed by atoms with Gasteiger partial charge in [-0.15, -0.1) is 0 Å². The van der Waals surface area contributed by atoms with E-state index in [-0.39, 0.29) is 0 Å². The molecule has 0 N–H and O–H groups in total. The molecular weight excluding hydrogens is 386 g/mol. The predicted octanol–water partition coefficient (Wildman–Crippen LogP) is 8.43. The molecule has 0 aliphatic heterocycles. The first-order valence-corrected chi connectivity index (χ1v) is 11.4. The third-order valence-corrected chi connectivity index (χ3v) is 6.55. The summed E-state index contributed by atoms with van der Waals surface area (Å²) in [6, 6.07) is 35.2. The van der Waals surface area contributed by atoms with Gasteiger partial charge in [-0.3, -0.25) is 0 Å². The van der Waals surface area contributed by atoms with Crippen molar-refractivity contribution in [1.29, 1.82) is 0 Å². The van der Waals surface area contributed by atoms with E-state index in [4.69, 9.17) is 0 Å². The number of rotatable bonds is 3. The SMILES string of the molecule is CC1C=CC(c2ccc(-c3ccc4c(c3)c3ccccc3n4-c3ccccc3)cc2)=CC1. The quantitative estimate of drug-likeness (QED) is 0.281. The maximum Gasteiger partial charge on any atom is 0.0541 e. The fourth-order valence-corrected chi connectivity index (χ4v) is 4.80. The largest absolute Gasteiger partial charge is 0.309 e. The van der Waals surface area contributed by atoms with Crippen LogP contribution in [0.2, 0.25) is 0 Å². The van der Waals surface area contributed by atoms with Crippen LogP contribution in [0.5, 0.6) is 0 Å². The minimum Gasteiger partial charge on any atom is -0.309 e. The summed E-state index contributed by atoms with van der Waals surface area (Å²) in [6.07, 6.45) is 8.03. The van der Waals surface area contributed by atoms with Gasteiger partial charge in [-0.2, -0.15) is 0 Å². The molecule has 6 rings (SSSR count). The molecular formula is C31H25N. The summed E-state index contributed by atoms with van der Waals surface area (Å²) < 4.78 is 2.36. The van der Waals surface area contributed by atoms with E-state index in [0.717, 1.165) is 6.42 Å². The number of allylic oxidation sites excluding steroid dienone is 4. The summed E-state index contributed by atoms with van der Waals surface area (Å²) in [7, 11) is 0. The molecule has 0 spiro atoms. The van der Waals surface area contributed by atoms with Gasteiger partial charge in [0.15, 0.2) is 0 Å². The van der Waals surface area contributed by atoms with Crippen molar-refractivity contribution in [2.24, 2.45) is 5.92 Å². The van der Waals surface area contributed by atoms with Gasteiger partial charge in [0, 0.05) is 16.5 Å². The van der Waals surface area contributed by atoms with E-state index in [1.54, 1.807) is 0 Å². The molecule has 1 heteroatoms. The number of benzene rings is 4. The Kier molecular flexibility index (Phi) is 4.54. The van der Waals surface area contributed by atoms with Crippen LogP contribution in [0.4, 0.5) is 0 Å². The van der Waals surface area contributed by atoms with Crippen LogP contribution in [0.3, 0.4) is 0 Å². The van der Waals surface area contributed by atoms with Crippen LogP contribution in [0, 0.1) is 5.92 Å². The predicted molar refractivity (Wildman–Crippen MR) is 137 cm³/mol. The second-order valence-corrected chi connectivity index (χ2v) is 8.73. The zero-order valence-corrected chi connectivity index (χ0v) is 18.2. The second-order valence-electron chi connectivity index (χ2n) is 8.73. The van der Waals surface area contributed by atoms with Crippen molar-refractivity contribution in [1.82, 2.24) is 4.57 Å². The second kappa shape index (κ2) is 7.69. The first kappa shape index (κ1) is 18.9. The van der Waals surface area contributed by atoms with Crippen molar-refractivity contribution in [2.45, 2.75) is 13.3 Å². The van der Waals surface area contributed by atoms with E-state index in [2.05, 4.69) is 127 Å². The first-order valence-electron chi connectivity index (χ1n) is 11.4. The minimum atomic E-state index is 0.641. The number of fused-ring (bicyclic) bond motifs is 3. The highest BCUT2D eigenvalue weighted by Crippen LogP contribution is 2.35. The zero-order chi connectivity index (χ0) is 21.5. The van der Waals surface area contributed by atoms with E-state index in [1.165, 1.54) is 49.8 Å². The minimum absolute atomic E-state index is 0.641. The summed E-state index contributed by atoms with van der Waals surface area (Å²) in [4.78, 5) is 0. The van der Waals surface area contributed by atoms with Crippen molar-refractivity contribution in [3.8, 4) is 16.8 Å². The third kappa shape index (κ3) is 3.18. The molecule has 154 valence electrons. The number of hydrogen-bond donors (Lipinski definition) is 0. The van der Waals surface area contributed by atoms with Crippen molar-refractivity contribution in [3.63, 3.8) is 0 Å². The molecule has 0 bridgehead atoms.